The molecule has 1 aliphatic heterocycles. The minimum atomic E-state index is -3.87. The lowest BCUT2D eigenvalue weighted by Crippen LogP contribution is -2.49. The summed E-state index contributed by atoms with van der Waals surface area (Å²) < 4.78 is 34.3. The van der Waals surface area contributed by atoms with E-state index in [2.05, 4.69) is 10.4 Å². The summed E-state index contributed by atoms with van der Waals surface area (Å²) in [7, 11) is -3.87. The lowest BCUT2D eigenvalue weighted by Gasteiger charge is -2.26. The van der Waals surface area contributed by atoms with E-state index in [1.807, 2.05) is 12.3 Å². The molecule has 1 aromatic heterocycles. The highest BCUT2D eigenvalue weighted by atomic mass is 32.2. The molecular formula is C19H22N4O5S. The number of hydrogen-bond donors (Lipinski definition) is 1. The largest absolute Gasteiger partial charge is 0.456 e. The van der Waals surface area contributed by atoms with Crippen molar-refractivity contribution in [2.75, 3.05) is 19.6 Å². The summed E-state index contributed by atoms with van der Waals surface area (Å²) in [5.74, 6) is -0.913. The van der Waals surface area contributed by atoms with Gasteiger partial charge in [-0.3, -0.25) is 9.48 Å². The van der Waals surface area contributed by atoms with Gasteiger partial charge >= 0.3 is 5.97 Å². The van der Waals surface area contributed by atoms with Crippen molar-refractivity contribution in [1.29, 1.82) is 0 Å². The van der Waals surface area contributed by atoms with Gasteiger partial charge in [-0.25, -0.2) is 13.2 Å². The Balaban J connectivity index is 1.51. The quantitative estimate of drug-likeness (QED) is 0.724. The number of carbonyl (C=O) groups is 2. The summed E-state index contributed by atoms with van der Waals surface area (Å²) >= 11 is 0. The molecule has 1 aliphatic carbocycles. The number of aromatic nitrogens is 2. The van der Waals surface area contributed by atoms with Crippen molar-refractivity contribution in [3.8, 4) is 0 Å². The molecule has 2 aromatic rings. The molecule has 0 radical (unpaired) electrons. The molecule has 4 rings (SSSR count). The summed E-state index contributed by atoms with van der Waals surface area (Å²) in [5, 5.41) is 6.84. The van der Waals surface area contributed by atoms with Crippen LogP contribution in [0.2, 0.25) is 0 Å². The highest BCUT2D eigenvalue weighted by Gasteiger charge is 2.33. The zero-order chi connectivity index (χ0) is 20.4. The molecule has 2 atom stereocenters. The Morgan fingerprint density at radius 3 is 2.86 bits per heavy atom. The fourth-order valence-electron chi connectivity index (χ4n) is 3.78. The zero-order valence-electron chi connectivity index (χ0n) is 15.7. The number of rotatable bonds is 5. The van der Waals surface area contributed by atoms with Crippen LogP contribution in [0.5, 0.6) is 0 Å². The van der Waals surface area contributed by atoms with Crippen molar-refractivity contribution in [3.63, 3.8) is 0 Å². The first-order valence-electron chi connectivity index (χ1n) is 9.52. The topological polar surface area (TPSA) is 111 Å². The molecular weight excluding hydrogens is 396 g/mol. The highest BCUT2D eigenvalue weighted by Crippen LogP contribution is 2.32. The van der Waals surface area contributed by atoms with Gasteiger partial charge < -0.3 is 10.1 Å². The van der Waals surface area contributed by atoms with Gasteiger partial charge in [-0.1, -0.05) is 6.07 Å². The predicted molar refractivity (Wildman–Crippen MR) is 103 cm³/mol. The molecule has 1 saturated heterocycles. The molecule has 1 amide bonds. The Morgan fingerprint density at radius 2 is 2.10 bits per heavy atom. The maximum atomic E-state index is 12.8. The van der Waals surface area contributed by atoms with E-state index in [0.29, 0.717) is 0 Å². The molecule has 2 fully saturated rings. The summed E-state index contributed by atoms with van der Waals surface area (Å²) in [6.45, 7) is 0.220. The van der Waals surface area contributed by atoms with Crippen LogP contribution in [0, 0.1) is 0 Å². The van der Waals surface area contributed by atoms with Crippen molar-refractivity contribution in [2.45, 2.75) is 36.3 Å². The molecule has 2 heterocycles. The van der Waals surface area contributed by atoms with Gasteiger partial charge in [0.2, 0.25) is 15.9 Å². The van der Waals surface area contributed by atoms with E-state index in [-0.39, 0.29) is 48.1 Å². The number of sulfonamides is 1. The molecule has 1 aromatic carbocycles. The fourth-order valence-corrected chi connectivity index (χ4v) is 5.23. The number of piperazine rings is 1. The van der Waals surface area contributed by atoms with Crippen molar-refractivity contribution >= 4 is 21.9 Å². The van der Waals surface area contributed by atoms with Crippen LogP contribution in [-0.2, 0) is 19.6 Å². The predicted octanol–water partition coefficient (Wildman–Crippen LogP) is 0.954. The van der Waals surface area contributed by atoms with E-state index < -0.39 is 16.0 Å². The first kappa shape index (κ1) is 19.6. The molecule has 2 aliphatic rings. The van der Waals surface area contributed by atoms with Crippen LogP contribution in [0.25, 0.3) is 0 Å². The number of amides is 1. The Hall–Kier alpha value is -2.72. The molecule has 1 N–H and O–H groups in total. The van der Waals surface area contributed by atoms with Gasteiger partial charge in [-0.2, -0.15) is 9.40 Å². The molecule has 154 valence electrons. The maximum Gasteiger partial charge on any atom is 0.338 e. The number of benzene rings is 1. The molecule has 10 heteroatoms. The number of carbonyl (C=O) groups excluding carboxylic acids is 2. The molecule has 1 saturated carbocycles. The summed E-state index contributed by atoms with van der Waals surface area (Å²) in [5.41, 5.74) is 0.165. The third kappa shape index (κ3) is 4.03. The van der Waals surface area contributed by atoms with Crippen LogP contribution < -0.4 is 5.32 Å². The van der Waals surface area contributed by atoms with Crippen LogP contribution in [0.1, 0.15) is 35.7 Å². The summed E-state index contributed by atoms with van der Waals surface area (Å²) in [4.78, 5) is 24.2. The number of hydrogen-bond acceptors (Lipinski definition) is 6. The van der Waals surface area contributed by atoms with E-state index in [1.165, 1.54) is 24.3 Å². The average Bonchev–Trinajstić information content (AvgIpc) is 3.39. The van der Waals surface area contributed by atoms with Gasteiger partial charge in [0, 0.05) is 25.5 Å². The fraction of sp³-hybridized carbons (Fsp3) is 0.421. The number of nitrogens with zero attached hydrogens (tertiary/aromatic N) is 3. The average molecular weight is 418 g/mol. The van der Waals surface area contributed by atoms with Crippen molar-refractivity contribution in [3.05, 3.63) is 48.3 Å². The second kappa shape index (κ2) is 7.96. The molecule has 0 unspecified atom stereocenters. The van der Waals surface area contributed by atoms with Crippen LogP contribution in [-0.4, -0.2) is 60.1 Å². The smallest absolute Gasteiger partial charge is 0.338 e. The second-order valence-electron chi connectivity index (χ2n) is 7.14. The Bertz CT molecular complexity index is 1010. The SMILES string of the molecule is O=C1CN(S(=O)(=O)c2cccc(C(=O)O[C@@H]3CCC[C@H]3n3cccn3)c2)CCN1. The van der Waals surface area contributed by atoms with Gasteiger partial charge in [0.1, 0.15) is 6.10 Å². The van der Waals surface area contributed by atoms with E-state index in [4.69, 9.17) is 4.74 Å². The minimum absolute atomic E-state index is 0.0206. The van der Waals surface area contributed by atoms with E-state index in [0.717, 1.165) is 23.6 Å². The zero-order valence-corrected chi connectivity index (χ0v) is 16.5. The van der Waals surface area contributed by atoms with E-state index in [1.54, 1.807) is 10.9 Å². The summed E-state index contributed by atoms with van der Waals surface area (Å²) in [6.07, 6.45) is 5.75. The minimum Gasteiger partial charge on any atom is -0.456 e. The van der Waals surface area contributed by atoms with Gasteiger partial charge in [0.25, 0.3) is 0 Å². The first-order chi connectivity index (χ1) is 13.9. The normalized spacial score (nSPS) is 23.0. The number of nitrogens with one attached hydrogen (secondary N) is 1. The van der Waals surface area contributed by atoms with Crippen LogP contribution >= 0.6 is 0 Å². The van der Waals surface area contributed by atoms with E-state index >= 15 is 0 Å². The van der Waals surface area contributed by atoms with Gasteiger partial charge in [0.15, 0.2) is 0 Å². The van der Waals surface area contributed by atoms with Crippen LogP contribution in [0.4, 0.5) is 0 Å². The third-order valence-corrected chi connectivity index (χ3v) is 7.09. The standard InChI is InChI=1S/C19H22N4O5S/c24-18-13-22(11-9-20-18)29(26,27)15-5-1-4-14(12-15)19(25)28-17-7-2-6-16(17)23-10-3-8-21-23/h1,3-5,8,10,12,16-17H,2,6-7,9,11,13H2,(H,20,24)/t16-,17-/m1/s1. The highest BCUT2D eigenvalue weighted by molar-refractivity contribution is 7.89. The summed E-state index contributed by atoms with van der Waals surface area (Å²) in [6, 6.07) is 7.57. The lowest BCUT2D eigenvalue weighted by atomic mass is 10.2. The van der Waals surface area contributed by atoms with Gasteiger partial charge in [-0.15, -0.1) is 0 Å². The van der Waals surface area contributed by atoms with Crippen LogP contribution in [0.15, 0.2) is 47.6 Å². The van der Waals surface area contributed by atoms with Gasteiger partial charge in [-0.05, 0) is 43.5 Å². The van der Waals surface area contributed by atoms with Crippen molar-refractivity contribution in [1.82, 2.24) is 19.4 Å². The second-order valence-corrected chi connectivity index (χ2v) is 9.08. The van der Waals surface area contributed by atoms with Crippen molar-refractivity contribution < 1.29 is 22.7 Å². The molecule has 0 bridgehead atoms. The van der Waals surface area contributed by atoms with Crippen molar-refractivity contribution in [2.24, 2.45) is 0 Å². The number of esters is 1. The Morgan fingerprint density at radius 1 is 1.24 bits per heavy atom. The first-order valence-corrected chi connectivity index (χ1v) is 11.0. The van der Waals surface area contributed by atoms with Gasteiger partial charge in [0.05, 0.1) is 23.0 Å². The number of ether oxygens (including phenoxy) is 1. The van der Waals surface area contributed by atoms with E-state index in [9.17, 15) is 18.0 Å². The molecule has 9 nitrogen and oxygen atoms in total. The third-order valence-electron chi connectivity index (χ3n) is 5.25. The van der Waals surface area contributed by atoms with Crippen LogP contribution in [0.3, 0.4) is 0 Å². The lowest BCUT2D eigenvalue weighted by molar-refractivity contribution is -0.122. The Labute approximate surface area is 168 Å². The molecule has 0 spiro atoms. The molecule has 29 heavy (non-hydrogen) atoms. The maximum absolute atomic E-state index is 12.8. The monoisotopic (exact) mass is 418 g/mol. The Kier molecular flexibility index (Phi) is 5.37.